The van der Waals surface area contributed by atoms with Crippen LogP contribution in [-0.4, -0.2) is 34.4 Å². The maximum Gasteiger partial charge on any atom is 0.308 e. The largest absolute Gasteiger partial charge is 0.497 e. The van der Waals surface area contributed by atoms with Gasteiger partial charge in [0.25, 0.3) is 5.89 Å². The third-order valence-corrected chi connectivity index (χ3v) is 5.77. The normalized spacial score (nSPS) is 16.3. The van der Waals surface area contributed by atoms with E-state index in [4.69, 9.17) is 13.9 Å². The Balaban J connectivity index is 1.37. The van der Waals surface area contributed by atoms with E-state index in [1.165, 1.54) is 11.8 Å². The summed E-state index contributed by atoms with van der Waals surface area (Å²) in [5.41, 5.74) is 1.48. The van der Waals surface area contributed by atoms with Crippen LogP contribution in [-0.2, 0) is 14.3 Å². The number of fused-ring (bicyclic) bond motifs is 1. The summed E-state index contributed by atoms with van der Waals surface area (Å²) < 4.78 is 16.2. The lowest BCUT2D eigenvalue weighted by Gasteiger charge is -2.23. The molecule has 1 aliphatic heterocycles. The van der Waals surface area contributed by atoms with E-state index < -0.39 is 17.3 Å². The highest BCUT2D eigenvalue weighted by Gasteiger charge is 2.30. The van der Waals surface area contributed by atoms with E-state index in [1.54, 1.807) is 38.3 Å². The van der Waals surface area contributed by atoms with Crippen molar-refractivity contribution in [2.45, 2.75) is 29.6 Å². The van der Waals surface area contributed by atoms with Crippen molar-refractivity contribution in [2.24, 2.45) is 0 Å². The molecular weight excluding hydrogens is 406 g/mol. The number of hydrogen-bond acceptors (Lipinski definition) is 8. The molecule has 0 saturated carbocycles. The lowest BCUT2D eigenvalue weighted by Crippen LogP contribution is -2.31. The number of para-hydroxylation sites is 1. The molecule has 8 nitrogen and oxygen atoms in total. The highest BCUT2D eigenvalue weighted by Crippen LogP contribution is 2.37. The predicted molar refractivity (Wildman–Crippen MR) is 110 cm³/mol. The molecule has 3 aromatic rings. The number of amides is 1. The van der Waals surface area contributed by atoms with Gasteiger partial charge in [0.2, 0.25) is 11.8 Å². The summed E-state index contributed by atoms with van der Waals surface area (Å²) >= 11 is 1.35. The first-order chi connectivity index (χ1) is 14.5. The minimum atomic E-state index is -0.735. The monoisotopic (exact) mass is 425 g/mol. The molecular formula is C21H19N3O5S. The van der Waals surface area contributed by atoms with E-state index in [9.17, 15) is 9.59 Å². The van der Waals surface area contributed by atoms with Crippen molar-refractivity contribution in [3.63, 3.8) is 0 Å². The Morgan fingerprint density at radius 1 is 1.20 bits per heavy atom. The number of ether oxygens (including phenoxy) is 2. The average Bonchev–Trinajstić information content (AvgIpc) is 3.25. The van der Waals surface area contributed by atoms with Crippen molar-refractivity contribution < 1.29 is 23.5 Å². The number of carbonyl (C=O) groups excluding carboxylic acids is 2. The molecule has 1 aliphatic rings. The Hall–Kier alpha value is -3.33. The standard InChI is InChI=1S/C21H19N3O5S/c1-12(20-23-24-21(29-20)13-7-9-14(27-2)10-8-13)28-18(25)11-17-19(26)22-15-5-3-4-6-16(15)30-17/h3-10,12,17H,11H2,1-2H3,(H,22,26). The quantitative estimate of drug-likeness (QED) is 0.594. The van der Waals surface area contributed by atoms with Gasteiger partial charge in [0.05, 0.1) is 24.5 Å². The second-order valence-corrected chi connectivity index (χ2v) is 7.85. The number of rotatable bonds is 6. The Morgan fingerprint density at radius 3 is 2.73 bits per heavy atom. The fraction of sp³-hybridized carbons (Fsp3) is 0.238. The van der Waals surface area contributed by atoms with Crippen molar-refractivity contribution >= 4 is 29.3 Å². The fourth-order valence-electron chi connectivity index (χ4n) is 2.92. The maximum absolute atomic E-state index is 12.4. The van der Waals surface area contributed by atoms with Gasteiger partial charge in [0.15, 0.2) is 6.10 Å². The van der Waals surface area contributed by atoms with Crippen LogP contribution in [0.4, 0.5) is 5.69 Å². The SMILES string of the molecule is COc1ccc(-c2nnc(C(C)OC(=O)CC3Sc4ccccc4NC3=O)o2)cc1. The van der Waals surface area contributed by atoms with E-state index in [0.29, 0.717) is 11.6 Å². The van der Waals surface area contributed by atoms with Crippen LogP contribution >= 0.6 is 11.8 Å². The number of nitrogens with one attached hydrogen (secondary N) is 1. The average molecular weight is 425 g/mol. The van der Waals surface area contributed by atoms with Crippen molar-refractivity contribution in [1.82, 2.24) is 10.2 Å². The summed E-state index contributed by atoms with van der Waals surface area (Å²) in [6.07, 6.45) is -0.796. The Morgan fingerprint density at radius 2 is 1.97 bits per heavy atom. The summed E-state index contributed by atoms with van der Waals surface area (Å²) in [7, 11) is 1.59. The van der Waals surface area contributed by atoms with Crippen LogP contribution in [0.1, 0.15) is 25.3 Å². The molecule has 2 atom stereocenters. The molecule has 9 heteroatoms. The fourth-order valence-corrected chi connectivity index (χ4v) is 4.02. The number of aromatic nitrogens is 2. The lowest BCUT2D eigenvalue weighted by molar-refractivity contribution is -0.150. The van der Waals surface area contributed by atoms with Crippen LogP contribution in [0.3, 0.4) is 0 Å². The van der Waals surface area contributed by atoms with Gasteiger partial charge in [-0.25, -0.2) is 0 Å². The van der Waals surface area contributed by atoms with Crippen LogP contribution in [0.2, 0.25) is 0 Å². The van der Waals surface area contributed by atoms with Gasteiger partial charge in [-0.3, -0.25) is 9.59 Å². The van der Waals surface area contributed by atoms with Gasteiger partial charge in [-0.2, -0.15) is 0 Å². The van der Waals surface area contributed by atoms with Gasteiger partial charge in [-0.05, 0) is 43.3 Å². The van der Waals surface area contributed by atoms with Gasteiger partial charge in [-0.15, -0.1) is 22.0 Å². The smallest absolute Gasteiger partial charge is 0.308 e. The summed E-state index contributed by atoms with van der Waals surface area (Å²) in [6, 6.07) is 14.6. The first-order valence-electron chi connectivity index (χ1n) is 9.27. The molecule has 2 aromatic carbocycles. The second-order valence-electron chi connectivity index (χ2n) is 6.60. The summed E-state index contributed by atoms with van der Waals surface area (Å²) in [5, 5.41) is 10.2. The molecule has 1 aromatic heterocycles. The van der Waals surface area contributed by atoms with E-state index in [1.807, 2.05) is 24.3 Å². The number of anilines is 1. The third-order valence-electron chi connectivity index (χ3n) is 4.49. The van der Waals surface area contributed by atoms with Gasteiger partial charge >= 0.3 is 5.97 Å². The second kappa shape index (κ2) is 8.58. The zero-order chi connectivity index (χ0) is 21.1. The van der Waals surface area contributed by atoms with Crippen LogP contribution < -0.4 is 10.1 Å². The molecule has 0 saturated heterocycles. The molecule has 0 bridgehead atoms. The minimum Gasteiger partial charge on any atom is -0.497 e. The number of esters is 1. The van der Waals surface area contributed by atoms with E-state index in [2.05, 4.69) is 15.5 Å². The zero-order valence-electron chi connectivity index (χ0n) is 16.3. The van der Waals surface area contributed by atoms with Gasteiger partial charge in [0, 0.05) is 10.5 Å². The summed E-state index contributed by atoms with van der Waals surface area (Å²) in [6.45, 7) is 1.65. The van der Waals surface area contributed by atoms with Crippen LogP contribution in [0.25, 0.3) is 11.5 Å². The molecule has 154 valence electrons. The first kappa shape index (κ1) is 20.0. The molecule has 2 unspecified atom stereocenters. The molecule has 0 radical (unpaired) electrons. The van der Waals surface area contributed by atoms with E-state index >= 15 is 0 Å². The van der Waals surface area contributed by atoms with Gasteiger partial charge in [0.1, 0.15) is 5.75 Å². The van der Waals surface area contributed by atoms with Crippen molar-refractivity contribution in [3.05, 3.63) is 54.4 Å². The Bertz CT molecular complexity index is 1070. The molecule has 30 heavy (non-hydrogen) atoms. The number of hydrogen-bond donors (Lipinski definition) is 1. The predicted octanol–water partition coefficient (Wildman–Crippen LogP) is 3.85. The first-order valence-corrected chi connectivity index (χ1v) is 10.2. The van der Waals surface area contributed by atoms with Crippen LogP contribution in [0.15, 0.2) is 57.8 Å². The van der Waals surface area contributed by atoms with Crippen molar-refractivity contribution in [2.75, 3.05) is 12.4 Å². The molecule has 0 fully saturated rings. The van der Waals surface area contributed by atoms with Gasteiger partial charge in [-0.1, -0.05) is 12.1 Å². The molecule has 4 rings (SSSR count). The molecule has 0 aliphatic carbocycles. The number of carbonyl (C=O) groups is 2. The highest BCUT2D eigenvalue weighted by molar-refractivity contribution is 8.01. The molecule has 1 N–H and O–H groups in total. The van der Waals surface area contributed by atoms with Crippen LogP contribution in [0.5, 0.6) is 5.75 Å². The molecule has 2 heterocycles. The molecule has 0 spiro atoms. The number of nitrogens with zero attached hydrogens (tertiary/aromatic N) is 2. The topological polar surface area (TPSA) is 104 Å². The van der Waals surface area contributed by atoms with Crippen molar-refractivity contribution in [3.8, 4) is 17.2 Å². The summed E-state index contributed by atoms with van der Waals surface area (Å²) in [5.74, 6) is 0.476. The number of benzene rings is 2. The van der Waals surface area contributed by atoms with Crippen molar-refractivity contribution in [1.29, 1.82) is 0 Å². The van der Waals surface area contributed by atoms with Gasteiger partial charge < -0.3 is 19.2 Å². The lowest BCUT2D eigenvalue weighted by atomic mass is 10.2. The third kappa shape index (κ3) is 4.30. The van der Waals surface area contributed by atoms with E-state index in [0.717, 1.165) is 16.1 Å². The molecule has 1 amide bonds. The zero-order valence-corrected chi connectivity index (χ0v) is 17.1. The number of thioether (sulfide) groups is 1. The highest BCUT2D eigenvalue weighted by atomic mass is 32.2. The number of methoxy groups -OCH3 is 1. The minimum absolute atomic E-state index is 0.0609. The maximum atomic E-state index is 12.4. The van der Waals surface area contributed by atoms with Crippen LogP contribution in [0, 0.1) is 0 Å². The Labute approximate surface area is 177 Å². The van der Waals surface area contributed by atoms with E-state index in [-0.39, 0.29) is 18.2 Å². The Kier molecular flexibility index (Phi) is 5.71. The summed E-state index contributed by atoms with van der Waals surface area (Å²) in [4.78, 5) is 25.6.